The van der Waals surface area contributed by atoms with Gasteiger partial charge in [-0.3, -0.25) is 4.79 Å². The van der Waals surface area contributed by atoms with Crippen LogP contribution in [0.3, 0.4) is 0 Å². The average molecular weight is 279 g/mol. The Morgan fingerprint density at radius 3 is 3.06 bits per heavy atom. The zero-order valence-electron chi connectivity index (χ0n) is 9.56. The van der Waals surface area contributed by atoms with Crippen LogP contribution in [-0.4, -0.2) is 12.9 Å². The zero-order chi connectivity index (χ0) is 12.5. The molecule has 1 aliphatic rings. The largest absolute Gasteiger partial charge is 0.368 e. The topological polar surface area (TPSA) is 26.3 Å². The number of benzene rings is 1. The van der Waals surface area contributed by atoms with Crippen LogP contribution in [0.25, 0.3) is 0 Å². The fourth-order valence-corrected chi connectivity index (χ4v) is 3.18. The second-order valence-electron chi connectivity index (χ2n) is 4.24. The van der Waals surface area contributed by atoms with Crippen LogP contribution < -0.4 is 0 Å². The van der Waals surface area contributed by atoms with E-state index in [1.54, 1.807) is 0 Å². The molecule has 2 aromatic rings. The first-order valence-electron chi connectivity index (χ1n) is 5.71. The Hall–Kier alpha value is -1.16. The Labute approximate surface area is 114 Å². The van der Waals surface area contributed by atoms with Crippen molar-refractivity contribution >= 4 is 29.2 Å². The maximum absolute atomic E-state index is 10.7. The number of fused-ring (bicyclic) bond motifs is 1. The third-order valence-corrected chi connectivity index (χ3v) is 4.21. The molecule has 0 amide bonds. The third kappa shape index (κ3) is 2.09. The molecule has 2 heterocycles. The first-order chi connectivity index (χ1) is 8.78. The Balaban J connectivity index is 2.02. The summed E-state index contributed by atoms with van der Waals surface area (Å²) in [7, 11) is 0. The van der Waals surface area contributed by atoms with E-state index in [1.165, 1.54) is 16.9 Å². The van der Waals surface area contributed by atoms with E-state index >= 15 is 0 Å². The number of halogens is 1. The SMILES string of the molecule is O=Cc1cc(C2OCCc3cc(Cl)ccc32)cs1. The summed E-state index contributed by atoms with van der Waals surface area (Å²) in [6.07, 6.45) is 1.69. The van der Waals surface area contributed by atoms with E-state index in [2.05, 4.69) is 0 Å². The molecule has 4 heteroatoms. The van der Waals surface area contributed by atoms with Crippen LogP contribution in [0.15, 0.2) is 29.6 Å². The second-order valence-corrected chi connectivity index (χ2v) is 5.62. The molecule has 18 heavy (non-hydrogen) atoms. The molecule has 1 aromatic heterocycles. The highest BCUT2D eigenvalue weighted by molar-refractivity contribution is 7.11. The van der Waals surface area contributed by atoms with Gasteiger partial charge in [0.15, 0.2) is 6.29 Å². The quantitative estimate of drug-likeness (QED) is 0.780. The van der Waals surface area contributed by atoms with Crippen LogP contribution in [0.2, 0.25) is 5.02 Å². The summed E-state index contributed by atoms with van der Waals surface area (Å²) < 4.78 is 5.84. The van der Waals surface area contributed by atoms with E-state index in [9.17, 15) is 4.79 Å². The molecule has 1 aromatic carbocycles. The molecule has 92 valence electrons. The smallest absolute Gasteiger partial charge is 0.160 e. The number of thiophene rings is 1. The van der Waals surface area contributed by atoms with Crippen LogP contribution in [0.1, 0.15) is 32.5 Å². The van der Waals surface area contributed by atoms with Gasteiger partial charge in [-0.15, -0.1) is 11.3 Å². The van der Waals surface area contributed by atoms with Crippen molar-refractivity contribution in [3.63, 3.8) is 0 Å². The van der Waals surface area contributed by atoms with Gasteiger partial charge in [-0.25, -0.2) is 0 Å². The number of ether oxygens (including phenoxy) is 1. The first-order valence-corrected chi connectivity index (χ1v) is 6.97. The van der Waals surface area contributed by atoms with Gasteiger partial charge in [-0.05, 0) is 46.7 Å². The minimum Gasteiger partial charge on any atom is -0.368 e. The molecular formula is C14H11ClO2S. The molecule has 2 nitrogen and oxygen atoms in total. The Kier molecular flexibility index (Phi) is 3.20. The summed E-state index contributed by atoms with van der Waals surface area (Å²) in [6.45, 7) is 0.685. The predicted octanol–water partition coefficient (Wildman–Crippen LogP) is 3.88. The molecule has 0 saturated carbocycles. The van der Waals surface area contributed by atoms with E-state index in [1.807, 2.05) is 29.6 Å². The van der Waals surface area contributed by atoms with E-state index in [-0.39, 0.29) is 6.10 Å². The van der Waals surface area contributed by atoms with Crippen LogP contribution in [0.4, 0.5) is 0 Å². The predicted molar refractivity (Wildman–Crippen MR) is 72.7 cm³/mol. The highest BCUT2D eigenvalue weighted by atomic mass is 35.5. The highest BCUT2D eigenvalue weighted by Gasteiger charge is 2.23. The molecule has 0 saturated heterocycles. The van der Waals surface area contributed by atoms with Gasteiger partial charge >= 0.3 is 0 Å². The van der Waals surface area contributed by atoms with E-state index in [0.717, 1.165) is 33.7 Å². The molecule has 0 radical (unpaired) electrons. The monoisotopic (exact) mass is 278 g/mol. The lowest BCUT2D eigenvalue weighted by atomic mass is 9.94. The van der Waals surface area contributed by atoms with Gasteiger partial charge in [0.05, 0.1) is 11.5 Å². The zero-order valence-corrected chi connectivity index (χ0v) is 11.1. The number of rotatable bonds is 2. The maximum Gasteiger partial charge on any atom is 0.160 e. The number of carbonyl (C=O) groups is 1. The van der Waals surface area contributed by atoms with Crippen molar-refractivity contribution in [2.24, 2.45) is 0 Å². The van der Waals surface area contributed by atoms with Gasteiger partial charge in [-0.2, -0.15) is 0 Å². The average Bonchev–Trinajstić information content (AvgIpc) is 2.86. The third-order valence-electron chi connectivity index (χ3n) is 3.10. The molecule has 0 spiro atoms. The summed E-state index contributed by atoms with van der Waals surface area (Å²) >= 11 is 7.46. The Bertz CT molecular complexity index is 591. The molecule has 1 aliphatic heterocycles. The van der Waals surface area contributed by atoms with E-state index in [0.29, 0.717) is 6.61 Å². The first kappa shape index (κ1) is 11.9. The fraction of sp³-hybridized carbons (Fsp3) is 0.214. The molecule has 1 atom stereocenters. The minimum absolute atomic E-state index is 0.0732. The normalized spacial score (nSPS) is 18.4. The van der Waals surface area contributed by atoms with Crippen molar-refractivity contribution in [3.8, 4) is 0 Å². The fourth-order valence-electron chi connectivity index (χ4n) is 2.27. The van der Waals surface area contributed by atoms with Crippen molar-refractivity contribution < 1.29 is 9.53 Å². The van der Waals surface area contributed by atoms with E-state index < -0.39 is 0 Å². The number of carbonyl (C=O) groups excluding carboxylic acids is 1. The summed E-state index contributed by atoms with van der Waals surface area (Å²) in [4.78, 5) is 11.5. The molecule has 0 bridgehead atoms. The number of aldehydes is 1. The van der Waals surface area contributed by atoms with Crippen LogP contribution in [0.5, 0.6) is 0 Å². The van der Waals surface area contributed by atoms with Crippen molar-refractivity contribution in [2.75, 3.05) is 6.61 Å². The second kappa shape index (κ2) is 4.84. The van der Waals surface area contributed by atoms with Gasteiger partial charge < -0.3 is 4.74 Å². The van der Waals surface area contributed by atoms with Crippen molar-refractivity contribution in [3.05, 3.63) is 56.2 Å². The minimum atomic E-state index is -0.0732. The van der Waals surface area contributed by atoms with Gasteiger partial charge in [0.25, 0.3) is 0 Å². The van der Waals surface area contributed by atoms with E-state index in [4.69, 9.17) is 16.3 Å². The molecule has 3 rings (SSSR count). The van der Waals surface area contributed by atoms with Crippen LogP contribution >= 0.6 is 22.9 Å². The van der Waals surface area contributed by atoms with Gasteiger partial charge in [0.1, 0.15) is 6.10 Å². The maximum atomic E-state index is 10.7. The Morgan fingerprint density at radius 1 is 1.39 bits per heavy atom. The van der Waals surface area contributed by atoms with Crippen LogP contribution in [-0.2, 0) is 11.2 Å². The van der Waals surface area contributed by atoms with Gasteiger partial charge in [0.2, 0.25) is 0 Å². The summed E-state index contributed by atoms with van der Waals surface area (Å²) in [5, 5.41) is 2.74. The molecule has 1 unspecified atom stereocenters. The van der Waals surface area contributed by atoms with Crippen molar-refractivity contribution in [1.29, 1.82) is 0 Å². The summed E-state index contributed by atoms with van der Waals surface area (Å²) in [5.41, 5.74) is 3.43. The van der Waals surface area contributed by atoms with Crippen molar-refractivity contribution in [1.82, 2.24) is 0 Å². The molecule has 0 fully saturated rings. The van der Waals surface area contributed by atoms with Crippen molar-refractivity contribution in [2.45, 2.75) is 12.5 Å². The summed E-state index contributed by atoms with van der Waals surface area (Å²) in [5.74, 6) is 0. The molecular weight excluding hydrogens is 268 g/mol. The lowest BCUT2D eigenvalue weighted by molar-refractivity contribution is 0.0701. The molecule has 0 N–H and O–H groups in total. The Morgan fingerprint density at radius 2 is 2.28 bits per heavy atom. The van der Waals surface area contributed by atoms with Gasteiger partial charge in [0, 0.05) is 5.02 Å². The lowest BCUT2D eigenvalue weighted by Crippen LogP contribution is -2.16. The standard InChI is InChI=1S/C14H11ClO2S/c15-11-1-2-13-9(5-11)3-4-17-14(13)10-6-12(7-16)18-8-10/h1-2,5-8,14H,3-4H2. The number of hydrogen-bond acceptors (Lipinski definition) is 3. The summed E-state index contributed by atoms with van der Waals surface area (Å²) in [6, 6.07) is 7.79. The van der Waals surface area contributed by atoms with Gasteiger partial charge in [-0.1, -0.05) is 17.7 Å². The number of hydrogen-bond donors (Lipinski definition) is 0. The lowest BCUT2D eigenvalue weighted by Gasteiger charge is -2.25. The van der Waals surface area contributed by atoms with Crippen LogP contribution in [0, 0.1) is 0 Å². The highest BCUT2D eigenvalue weighted by Crippen LogP contribution is 2.35. The molecule has 0 aliphatic carbocycles.